The number of sulfone groups is 1. The highest BCUT2D eigenvalue weighted by Crippen LogP contribution is 2.47. The second-order valence-electron chi connectivity index (χ2n) is 11.1. The summed E-state index contributed by atoms with van der Waals surface area (Å²) in [5.74, 6) is 0.461. The first-order valence-electron chi connectivity index (χ1n) is 14.8. The number of benzene rings is 4. The Bertz CT molecular complexity index is 1810. The fourth-order valence-electron chi connectivity index (χ4n) is 5.82. The molecule has 8 nitrogen and oxygen atoms in total. The van der Waals surface area contributed by atoms with Crippen molar-refractivity contribution in [3.05, 3.63) is 130 Å². The maximum Gasteiger partial charge on any atom is 0.255 e. The van der Waals surface area contributed by atoms with Gasteiger partial charge in [-0.3, -0.25) is 4.79 Å². The lowest BCUT2D eigenvalue weighted by Crippen LogP contribution is -2.50. The Kier molecular flexibility index (Phi) is 9.07. The lowest BCUT2D eigenvalue weighted by molar-refractivity contribution is -0.139. The Hall–Kier alpha value is -3.99. The zero-order chi connectivity index (χ0) is 31.4. The standard InChI is InChI=1S/C35H33BrN2O6S/c36-31-14-7-5-9-26(31)23-35-32(44-33(37-35)25-15-17-28(18-16-25)43-21-8-20-39)30-13-6-4-10-27(30)24-38(34(35)40)19-22-45(41,42)29-11-2-1-3-12-29/h1-7,9-18,32,39H,8,19-24H2/t32-,35-/m0/s1. The molecule has 4 aromatic rings. The first-order chi connectivity index (χ1) is 21.8. The van der Waals surface area contributed by atoms with E-state index in [1.54, 1.807) is 35.2 Å². The van der Waals surface area contributed by atoms with E-state index in [0.29, 0.717) is 30.2 Å². The fraction of sp³-hybridized carbons (Fsp3) is 0.257. The summed E-state index contributed by atoms with van der Waals surface area (Å²) in [7, 11) is -3.64. The Labute approximate surface area is 271 Å². The van der Waals surface area contributed by atoms with Crippen molar-refractivity contribution >= 4 is 37.6 Å². The molecule has 2 aliphatic rings. The van der Waals surface area contributed by atoms with Gasteiger partial charge in [0, 0.05) is 48.1 Å². The van der Waals surface area contributed by atoms with Crippen molar-refractivity contribution in [2.75, 3.05) is 25.5 Å². The van der Waals surface area contributed by atoms with E-state index in [0.717, 1.165) is 21.2 Å². The van der Waals surface area contributed by atoms with E-state index >= 15 is 0 Å². The molecule has 0 aromatic heterocycles. The number of halogens is 1. The number of aliphatic hydroxyl groups is 1. The molecule has 2 heterocycles. The van der Waals surface area contributed by atoms with Crippen LogP contribution in [0.15, 0.2) is 117 Å². The summed E-state index contributed by atoms with van der Waals surface area (Å²) in [4.78, 5) is 21.8. The summed E-state index contributed by atoms with van der Waals surface area (Å²) < 4.78 is 39.7. The largest absolute Gasteiger partial charge is 0.494 e. The molecule has 10 heteroatoms. The Morgan fingerprint density at radius 1 is 0.956 bits per heavy atom. The van der Waals surface area contributed by atoms with Gasteiger partial charge >= 0.3 is 0 Å². The monoisotopic (exact) mass is 688 g/mol. The molecule has 0 saturated carbocycles. The van der Waals surface area contributed by atoms with Crippen molar-refractivity contribution in [2.24, 2.45) is 4.99 Å². The number of amides is 1. The smallest absolute Gasteiger partial charge is 0.255 e. The Balaban J connectivity index is 1.41. The number of hydrogen-bond donors (Lipinski definition) is 1. The summed E-state index contributed by atoms with van der Waals surface area (Å²) in [6.07, 6.45) is 0.0289. The van der Waals surface area contributed by atoms with Gasteiger partial charge in [-0.25, -0.2) is 13.4 Å². The van der Waals surface area contributed by atoms with Crippen molar-refractivity contribution in [1.29, 1.82) is 0 Å². The van der Waals surface area contributed by atoms with Gasteiger partial charge in [-0.15, -0.1) is 0 Å². The summed E-state index contributed by atoms with van der Waals surface area (Å²) in [6.45, 7) is 0.682. The van der Waals surface area contributed by atoms with Crippen LogP contribution < -0.4 is 4.74 Å². The molecule has 0 fully saturated rings. The van der Waals surface area contributed by atoms with Crippen LogP contribution in [0.3, 0.4) is 0 Å². The Morgan fingerprint density at radius 2 is 1.67 bits per heavy atom. The van der Waals surface area contributed by atoms with Crippen LogP contribution in [0.25, 0.3) is 0 Å². The van der Waals surface area contributed by atoms with E-state index < -0.39 is 21.5 Å². The first kappa shape index (κ1) is 31.0. The molecule has 232 valence electrons. The van der Waals surface area contributed by atoms with Gasteiger partial charge in [0.1, 0.15) is 5.75 Å². The van der Waals surface area contributed by atoms with E-state index in [-0.39, 0.29) is 42.7 Å². The molecule has 2 aliphatic heterocycles. The topological polar surface area (TPSA) is 106 Å². The number of fused-ring (bicyclic) bond motifs is 3. The molecule has 45 heavy (non-hydrogen) atoms. The molecule has 0 radical (unpaired) electrons. The Morgan fingerprint density at radius 3 is 2.42 bits per heavy atom. The van der Waals surface area contributed by atoms with Gasteiger partial charge in [0.15, 0.2) is 21.5 Å². The SMILES string of the molecule is O=C1N(CCS(=O)(=O)c2ccccc2)Cc2ccccc2[C@@H]2OC(c3ccc(OCCCO)cc3)=N[C@]12Cc1ccccc1Br. The van der Waals surface area contributed by atoms with Crippen LogP contribution in [0.4, 0.5) is 0 Å². The number of hydrogen-bond acceptors (Lipinski definition) is 7. The highest BCUT2D eigenvalue weighted by atomic mass is 79.9. The van der Waals surface area contributed by atoms with Gasteiger partial charge < -0.3 is 19.5 Å². The number of ether oxygens (including phenoxy) is 2. The van der Waals surface area contributed by atoms with Gasteiger partial charge in [-0.1, -0.05) is 76.6 Å². The number of aliphatic hydroxyl groups excluding tert-OH is 1. The molecule has 2 atom stereocenters. The van der Waals surface area contributed by atoms with Gasteiger partial charge in [-0.2, -0.15) is 0 Å². The van der Waals surface area contributed by atoms with Gasteiger partial charge in [0.2, 0.25) is 5.90 Å². The number of nitrogens with zero attached hydrogens (tertiary/aromatic N) is 2. The molecule has 4 aromatic carbocycles. The van der Waals surface area contributed by atoms with Crippen molar-refractivity contribution in [2.45, 2.75) is 35.9 Å². The lowest BCUT2D eigenvalue weighted by Gasteiger charge is -2.32. The third kappa shape index (κ3) is 6.40. The number of rotatable bonds is 11. The lowest BCUT2D eigenvalue weighted by atomic mass is 9.81. The van der Waals surface area contributed by atoms with Crippen LogP contribution in [-0.4, -0.2) is 61.3 Å². The van der Waals surface area contributed by atoms with Crippen molar-refractivity contribution in [3.8, 4) is 5.75 Å². The second kappa shape index (κ2) is 13.2. The minimum Gasteiger partial charge on any atom is -0.494 e. The average molecular weight is 690 g/mol. The molecule has 6 rings (SSSR count). The second-order valence-corrected chi connectivity index (χ2v) is 14.1. The molecule has 1 amide bonds. The zero-order valence-corrected chi connectivity index (χ0v) is 26.9. The van der Waals surface area contributed by atoms with E-state index in [9.17, 15) is 13.2 Å². The van der Waals surface area contributed by atoms with E-state index in [4.69, 9.17) is 19.6 Å². The molecule has 0 unspecified atom stereocenters. The summed E-state index contributed by atoms with van der Waals surface area (Å²) in [6, 6.07) is 31.1. The number of aliphatic imine (C=N–C) groups is 1. The van der Waals surface area contributed by atoms with Crippen molar-refractivity contribution < 1.29 is 27.8 Å². The summed E-state index contributed by atoms with van der Waals surface area (Å²) in [5.41, 5.74) is 1.90. The minimum absolute atomic E-state index is 0.000443. The third-order valence-electron chi connectivity index (χ3n) is 8.14. The van der Waals surface area contributed by atoms with Gasteiger partial charge in [0.25, 0.3) is 5.91 Å². The molecule has 0 spiro atoms. The number of carbonyl (C=O) groups excluding carboxylic acids is 1. The molecule has 0 aliphatic carbocycles. The molecule has 0 saturated heterocycles. The minimum atomic E-state index is -3.64. The van der Waals surface area contributed by atoms with Crippen LogP contribution in [-0.2, 0) is 32.3 Å². The highest BCUT2D eigenvalue weighted by Gasteiger charge is 2.57. The molecular weight excluding hydrogens is 656 g/mol. The summed E-state index contributed by atoms with van der Waals surface area (Å²) in [5, 5.41) is 9.06. The van der Waals surface area contributed by atoms with Crippen LogP contribution in [0.5, 0.6) is 5.75 Å². The molecule has 0 bridgehead atoms. The zero-order valence-electron chi connectivity index (χ0n) is 24.5. The average Bonchev–Trinajstić information content (AvgIpc) is 3.41. The van der Waals surface area contributed by atoms with Crippen LogP contribution in [0, 0.1) is 0 Å². The van der Waals surface area contributed by atoms with E-state index in [1.165, 1.54) is 0 Å². The third-order valence-corrected chi connectivity index (χ3v) is 10.6. The molecular formula is C35H33BrN2O6S. The van der Waals surface area contributed by atoms with Gasteiger partial charge in [0.05, 0.1) is 17.3 Å². The fourth-order valence-corrected chi connectivity index (χ4v) is 7.51. The predicted octanol–water partition coefficient (Wildman–Crippen LogP) is 5.53. The highest BCUT2D eigenvalue weighted by molar-refractivity contribution is 9.10. The van der Waals surface area contributed by atoms with Crippen LogP contribution >= 0.6 is 15.9 Å². The first-order valence-corrected chi connectivity index (χ1v) is 17.2. The van der Waals surface area contributed by atoms with Crippen molar-refractivity contribution in [1.82, 2.24) is 4.90 Å². The maximum atomic E-state index is 14.9. The number of carbonyl (C=O) groups is 1. The quantitative estimate of drug-likeness (QED) is 0.208. The van der Waals surface area contributed by atoms with Crippen LogP contribution in [0.1, 0.15) is 34.8 Å². The summed E-state index contributed by atoms with van der Waals surface area (Å²) >= 11 is 3.66. The van der Waals surface area contributed by atoms with Crippen LogP contribution in [0.2, 0.25) is 0 Å². The van der Waals surface area contributed by atoms with E-state index in [1.807, 2.05) is 72.8 Å². The molecule has 1 N–H and O–H groups in total. The van der Waals surface area contributed by atoms with Crippen molar-refractivity contribution in [3.63, 3.8) is 0 Å². The maximum absolute atomic E-state index is 14.9. The normalized spacial score (nSPS) is 19.2. The van der Waals surface area contributed by atoms with E-state index in [2.05, 4.69) is 15.9 Å². The predicted molar refractivity (Wildman–Crippen MR) is 175 cm³/mol. The van der Waals surface area contributed by atoms with Gasteiger partial charge in [-0.05, 0) is 53.6 Å².